The number of carbonyl (C=O) groups excluding carboxylic acids is 1. The minimum absolute atomic E-state index is 0.0784. The first-order valence-electron chi connectivity index (χ1n) is 8.35. The van der Waals surface area contributed by atoms with E-state index in [0.29, 0.717) is 22.9 Å². The summed E-state index contributed by atoms with van der Waals surface area (Å²) >= 11 is 0. The number of esters is 1. The van der Waals surface area contributed by atoms with Crippen molar-refractivity contribution in [3.8, 4) is 22.9 Å². The van der Waals surface area contributed by atoms with Gasteiger partial charge < -0.3 is 18.7 Å². The van der Waals surface area contributed by atoms with E-state index in [4.69, 9.17) is 18.7 Å². The molecule has 0 atom stereocenters. The van der Waals surface area contributed by atoms with Gasteiger partial charge in [-0.2, -0.15) is 4.98 Å². The third-order valence-electron chi connectivity index (χ3n) is 3.94. The second kappa shape index (κ2) is 8.35. The summed E-state index contributed by atoms with van der Waals surface area (Å²) in [4.78, 5) is 16.2. The SMILES string of the molecule is COc1ccc(-c2noc(COC(=O)Cc3ccc(C)cc3)n2)cc1OC. The lowest BCUT2D eigenvalue weighted by molar-refractivity contribution is -0.144. The summed E-state index contributed by atoms with van der Waals surface area (Å²) < 4.78 is 20.8. The molecule has 0 bridgehead atoms. The fourth-order valence-electron chi connectivity index (χ4n) is 2.47. The molecule has 0 aliphatic heterocycles. The monoisotopic (exact) mass is 368 g/mol. The molecule has 0 saturated carbocycles. The highest BCUT2D eigenvalue weighted by atomic mass is 16.6. The molecule has 0 spiro atoms. The van der Waals surface area contributed by atoms with E-state index in [2.05, 4.69) is 10.1 Å². The Bertz CT molecular complexity index is 918. The van der Waals surface area contributed by atoms with Gasteiger partial charge >= 0.3 is 5.97 Å². The quantitative estimate of drug-likeness (QED) is 0.591. The molecular formula is C20H20N2O5. The highest BCUT2D eigenvalue weighted by molar-refractivity contribution is 5.72. The molecule has 0 aliphatic carbocycles. The minimum Gasteiger partial charge on any atom is -0.493 e. The van der Waals surface area contributed by atoms with Gasteiger partial charge in [0.05, 0.1) is 20.6 Å². The van der Waals surface area contributed by atoms with E-state index >= 15 is 0 Å². The number of ether oxygens (including phenoxy) is 3. The Hall–Kier alpha value is -3.35. The minimum atomic E-state index is -0.357. The molecule has 0 saturated heterocycles. The van der Waals surface area contributed by atoms with Gasteiger partial charge in [-0.15, -0.1) is 0 Å². The zero-order valence-corrected chi connectivity index (χ0v) is 15.4. The Morgan fingerprint density at radius 2 is 1.78 bits per heavy atom. The van der Waals surface area contributed by atoms with E-state index < -0.39 is 0 Å². The Kier molecular flexibility index (Phi) is 5.71. The van der Waals surface area contributed by atoms with Gasteiger partial charge in [0.1, 0.15) is 0 Å². The molecular weight excluding hydrogens is 348 g/mol. The lowest BCUT2D eigenvalue weighted by Gasteiger charge is -2.07. The van der Waals surface area contributed by atoms with Crippen LogP contribution < -0.4 is 9.47 Å². The van der Waals surface area contributed by atoms with Crippen LogP contribution in [0.15, 0.2) is 47.0 Å². The molecule has 0 aliphatic rings. The van der Waals surface area contributed by atoms with Crippen molar-refractivity contribution in [2.45, 2.75) is 20.0 Å². The normalized spacial score (nSPS) is 10.5. The molecule has 3 rings (SSSR count). The Balaban J connectivity index is 1.61. The number of carbonyl (C=O) groups is 1. The number of hydrogen-bond donors (Lipinski definition) is 0. The molecule has 0 N–H and O–H groups in total. The average molecular weight is 368 g/mol. The molecule has 0 fully saturated rings. The number of rotatable bonds is 7. The third kappa shape index (κ3) is 4.63. The van der Waals surface area contributed by atoms with Crippen LogP contribution in [0, 0.1) is 6.92 Å². The Morgan fingerprint density at radius 3 is 2.48 bits per heavy atom. The summed E-state index contributed by atoms with van der Waals surface area (Å²) in [7, 11) is 3.12. The Morgan fingerprint density at radius 1 is 1.04 bits per heavy atom. The maximum absolute atomic E-state index is 12.0. The van der Waals surface area contributed by atoms with Crippen molar-refractivity contribution >= 4 is 5.97 Å². The number of hydrogen-bond acceptors (Lipinski definition) is 7. The molecule has 1 aromatic heterocycles. The average Bonchev–Trinajstić information content (AvgIpc) is 3.16. The molecule has 27 heavy (non-hydrogen) atoms. The van der Waals surface area contributed by atoms with Gasteiger partial charge in [-0.05, 0) is 30.7 Å². The van der Waals surface area contributed by atoms with Crippen LogP contribution in [0.25, 0.3) is 11.4 Å². The summed E-state index contributed by atoms with van der Waals surface area (Å²) in [5.41, 5.74) is 2.73. The summed E-state index contributed by atoms with van der Waals surface area (Å²) in [5, 5.41) is 3.92. The predicted octanol–water partition coefficient (Wildman–Crippen LogP) is 3.35. The molecule has 7 heteroatoms. The summed E-state index contributed by atoms with van der Waals surface area (Å²) in [6.07, 6.45) is 0.191. The lowest BCUT2D eigenvalue weighted by atomic mass is 10.1. The molecule has 7 nitrogen and oxygen atoms in total. The van der Waals surface area contributed by atoms with Gasteiger partial charge in [-0.25, -0.2) is 0 Å². The van der Waals surface area contributed by atoms with Crippen molar-refractivity contribution < 1.29 is 23.5 Å². The van der Waals surface area contributed by atoms with Gasteiger partial charge in [-0.3, -0.25) is 4.79 Å². The van der Waals surface area contributed by atoms with E-state index in [9.17, 15) is 4.79 Å². The first-order valence-corrected chi connectivity index (χ1v) is 8.35. The molecule has 0 unspecified atom stereocenters. The van der Waals surface area contributed by atoms with Gasteiger partial charge in [0.25, 0.3) is 5.89 Å². The number of aryl methyl sites for hydroxylation is 1. The van der Waals surface area contributed by atoms with Crippen LogP contribution in [-0.4, -0.2) is 30.3 Å². The summed E-state index contributed by atoms with van der Waals surface area (Å²) in [5.74, 6) is 1.41. The number of benzene rings is 2. The largest absolute Gasteiger partial charge is 0.493 e. The number of aromatic nitrogens is 2. The molecule has 3 aromatic rings. The van der Waals surface area contributed by atoms with E-state index in [1.807, 2.05) is 31.2 Å². The molecule has 0 amide bonds. The van der Waals surface area contributed by atoms with Crippen LogP contribution in [0.1, 0.15) is 17.0 Å². The molecule has 1 heterocycles. The van der Waals surface area contributed by atoms with E-state index in [1.54, 1.807) is 32.4 Å². The second-order valence-corrected chi connectivity index (χ2v) is 5.90. The smallest absolute Gasteiger partial charge is 0.310 e. The lowest BCUT2D eigenvalue weighted by Crippen LogP contribution is -2.08. The van der Waals surface area contributed by atoms with Crippen molar-refractivity contribution in [1.29, 1.82) is 0 Å². The van der Waals surface area contributed by atoms with Crippen LogP contribution >= 0.6 is 0 Å². The summed E-state index contributed by atoms with van der Waals surface area (Å²) in [6, 6.07) is 13.0. The molecule has 140 valence electrons. The highest BCUT2D eigenvalue weighted by Crippen LogP contribution is 2.31. The zero-order valence-electron chi connectivity index (χ0n) is 15.4. The van der Waals surface area contributed by atoms with Crippen molar-refractivity contribution in [2.24, 2.45) is 0 Å². The maximum Gasteiger partial charge on any atom is 0.310 e. The number of nitrogens with zero attached hydrogens (tertiary/aromatic N) is 2. The van der Waals surface area contributed by atoms with Crippen LogP contribution in [-0.2, 0) is 22.6 Å². The molecule has 0 radical (unpaired) electrons. The van der Waals surface area contributed by atoms with Crippen LogP contribution in [0.5, 0.6) is 11.5 Å². The predicted molar refractivity (Wildman–Crippen MR) is 97.5 cm³/mol. The summed E-state index contributed by atoms with van der Waals surface area (Å²) in [6.45, 7) is 1.92. The maximum atomic E-state index is 12.0. The van der Waals surface area contributed by atoms with E-state index in [-0.39, 0.29) is 24.9 Å². The van der Waals surface area contributed by atoms with Gasteiger partial charge in [0.2, 0.25) is 5.82 Å². The Labute approximate surface area is 156 Å². The van der Waals surface area contributed by atoms with Gasteiger partial charge in [0, 0.05) is 5.56 Å². The van der Waals surface area contributed by atoms with E-state index in [0.717, 1.165) is 11.1 Å². The van der Waals surface area contributed by atoms with E-state index in [1.165, 1.54) is 0 Å². The zero-order chi connectivity index (χ0) is 19.2. The van der Waals surface area contributed by atoms with Gasteiger partial charge in [-0.1, -0.05) is 35.0 Å². The first kappa shape index (κ1) is 18.4. The van der Waals surface area contributed by atoms with Crippen molar-refractivity contribution in [3.63, 3.8) is 0 Å². The first-order chi connectivity index (χ1) is 13.1. The van der Waals surface area contributed by atoms with Crippen molar-refractivity contribution in [2.75, 3.05) is 14.2 Å². The molecule has 2 aromatic carbocycles. The highest BCUT2D eigenvalue weighted by Gasteiger charge is 2.14. The second-order valence-electron chi connectivity index (χ2n) is 5.90. The van der Waals surface area contributed by atoms with Crippen molar-refractivity contribution in [3.05, 3.63) is 59.5 Å². The van der Waals surface area contributed by atoms with Crippen LogP contribution in [0.3, 0.4) is 0 Å². The fraction of sp³-hybridized carbons (Fsp3) is 0.250. The van der Waals surface area contributed by atoms with Crippen molar-refractivity contribution in [1.82, 2.24) is 10.1 Å². The van der Waals surface area contributed by atoms with Crippen LogP contribution in [0.2, 0.25) is 0 Å². The third-order valence-corrected chi connectivity index (χ3v) is 3.94. The fourth-order valence-corrected chi connectivity index (χ4v) is 2.47. The van der Waals surface area contributed by atoms with Gasteiger partial charge in [0.15, 0.2) is 18.1 Å². The standard InChI is InChI=1S/C20H20N2O5/c1-13-4-6-14(7-5-13)10-19(23)26-12-18-21-20(22-27-18)15-8-9-16(24-2)17(11-15)25-3/h4-9,11H,10,12H2,1-3H3. The van der Waals surface area contributed by atoms with Crippen LogP contribution in [0.4, 0.5) is 0 Å². The number of methoxy groups -OCH3 is 2. The topological polar surface area (TPSA) is 83.7 Å².